The van der Waals surface area contributed by atoms with Crippen LogP contribution in [-0.2, 0) is 0 Å². The molecule has 0 amide bonds. The molecule has 0 atom stereocenters. The maximum atomic E-state index is 3.98. The maximum Gasteiger partial charge on any atom is -0.0193 e. The van der Waals surface area contributed by atoms with Gasteiger partial charge in [-0.2, -0.15) is 0 Å². The molecule has 0 heteroatoms. The number of hydrogen-bond donors (Lipinski definition) is 0. The third kappa shape index (κ3) is 9.01. The van der Waals surface area contributed by atoms with Crippen LogP contribution in [0.4, 0.5) is 0 Å². The first-order chi connectivity index (χ1) is 7.26. The molecule has 0 radical (unpaired) electrons. The lowest BCUT2D eigenvalue weighted by Gasteiger charge is -1.99. The summed E-state index contributed by atoms with van der Waals surface area (Å²) in [6, 6.07) is 0. The van der Waals surface area contributed by atoms with Crippen molar-refractivity contribution in [1.82, 2.24) is 0 Å². The molecule has 0 aromatic heterocycles. The van der Waals surface area contributed by atoms with Gasteiger partial charge in [0.1, 0.15) is 0 Å². The van der Waals surface area contributed by atoms with Gasteiger partial charge in [0.25, 0.3) is 0 Å². The van der Waals surface area contributed by atoms with Crippen LogP contribution in [0.1, 0.15) is 34.6 Å². The summed E-state index contributed by atoms with van der Waals surface area (Å²) in [6.07, 6.45) is 14.2. The van der Waals surface area contributed by atoms with E-state index in [1.807, 2.05) is 65.0 Å². The third-order valence-corrected chi connectivity index (χ3v) is 1.55. The molecule has 0 saturated carbocycles. The minimum Gasteiger partial charge on any atom is -0.0912 e. The second kappa shape index (κ2) is 12.7. The van der Waals surface area contributed by atoms with E-state index < -0.39 is 0 Å². The van der Waals surface area contributed by atoms with Gasteiger partial charge in [0.2, 0.25) is 0 Å². The molecule has 0 N–H and O–H groups in total. The summed E-state index contributed by atoms with van der Waals surface area (Å²) in [5.41, 5.74) is 2.19. The van der Waals surface area contributed by atoms with E-state index in [2.05, 4.69) is 18.7 Å². The molecule has 0 aliphatic rings. The summed E-state index contributed by atoms with van der Waals surface area (Å²) in [6.45, 7) is 14.0. The topological polar surface area (TPSA) is 0 Å². The van der Waals surface area contributed by atoms with E-state index in [1.54, 1.807) is 0 Å². The monoisotopic (exact) mass is 204 g/mol. The highest BCUT2D eigenvalue weighted by Gasteiger charge is 1.91. The van der Waals surface area contributed by atoms with Gasteiger partial charge in [-0.3, -0.25) is 0 Å². The Morgan fingerprint density at radius 2 is 1.40 bits per heavy atom. The molecule has 84 valence electrons. The molecule has 0 aromatic rings. The zero-order valence-corrected chi connectivity index (χ0v) is 10.7. The Labute approximate surface area is 95.4 Å². The highest BCUT2D eigenvalue weighted by molar-refractivity contribution is 5.45. The Bertz CT molecular complexity index is 260. The maximum absolute atomic E-state index is 3.98. The summed E-state index contributed by atoms with van der Waals surface area (Å²) in [5, 5.41) is 0. The molecule has 0 bridgehead atoms. The van der Waals surface area contributed by atoms with Crippen LogP contribution in [0.15, 0.2) is 60.3 Å². The van der Waals surface area contributed by atoms with Gasteiger partial charge >= 0.3 is 0 Å². The highest BCUT2D eigenvalue weighted by atomic mass is 14.0. The Hall–Kier alpha value is -1.30. The van der Waals surface area contributed by atoms with Gasteiger partial charge in [0.05, 0.1) is 0 Å². The summed E-state index contributed by atoms with van der Waals surface area (Å²) in [4.78, 5) is 0. The van der Waals surface area contributed by atoms with Crippen LogP contribution in [0.25, 0.3) is 0 Å². The zero-order chi connectivity index (χ0) is 12.1. The summed E-state index contributed by atoms with van der Waals surface area (Å²) in [7, 11) is 0. The predicted octanol–water partition coefficient (Wildman–Crippen LogP) is 5.22. The van der Waals surface area contributed by atoms with Crippen LogP contribution in [0, 0.1) is 0 Å². The average Bonchev–Trinajstić information content (AvgIpc) is 2.27. The molecular weight excluding hydrogens is 180 g/mol. The van der Waals surface area contributed by atoms with Gasteiger partial charge in [-0.1, -0.05) is 63.0 Å². The molecule has 0 aromatic carbocycles. The quantitative estimate of drug-likeness (QED) is 0.550. The van der Waals surface area contributed by atoms with Crippen molar-refractivity contribution in [2.24, 2.45) is 0 Å². The fourth-order valence-corrected chi connectivity index (χ4v) is 0.946. The van der Waals surface area contributed by atoms with Crippen molar-refractivity contribution in [2.45, 2.75) is 34.6 Å². The molecule has 0 saturated heterocycles. The van der Waals surface area contributed by atoms with E-state index in [1.165, 1.54) is 0 Å². The Kier molecular flexibility index (Phi) is 13.7. The van der Waals surface area contributed by atoms with Crippen molar-refractivity contribution in [3.63, 3.8) is 0 Å². The molecule has 0 aliphatic heterocycles. The van der Waals surface area contributed by atoms with Crippen LogP contribution < -0.4 is 0 Å². The highest BCUT2D eigenvalue weighted by Crippen LogP contribution is 2.11. The van der Waals surface area contributed by atoms with Gasteiger partial charge < -0.3 is 0 Å². The fourth-order valence-electron chi connectivity index (χ4n) is 0.946. The van der Waals surface area contributed by atoms with Crippen molar-refractivity contribution < 1.29 is 0 Å². The Balaban J connectivity index is 0. The van der Waals surface area contributed by atoms with E-state index in [-0.39, 0.29) is 0 Å². The van der Waals surface area contributed by atoms with Crippen molar-refractivity contribution in [3.8, 4) is 0 Å². The molecule has 0 aliphatic carbocycles. The van der Waals surface area contributed by atoms with E-state index in [0.717, 1.165) is 11.1 Å². The Morgan fingerprint density at radius 1 is 0.867 bits per heavy atom. The van der Waals surface area contributed by atoms with Gasteiger partial charge in [-0.25, -0.2) is 0 Å². The molecular formula is C15H24. The minimum atomic E-state index is 1.04. The minimum absolute atomic E-state index is 1.04. The fraction of sp³-hybridized carbons (Fsp3) is 0.333. The normalized spacial score (nSPS) is 12.2. The number of rotatable bonds is 4. The number of allylic oxidation sites excluding steroid dienone is 9. The molecule has 0 heterocycles. The lowest BCUT2D eigenvalue weighted by atomic mass is 10.1. The second-order valence-electron chi connectivity index (χ2n) is 2.67. The summed E-state index contributed by atoms with van der Waals surface area (Å²) in [5.74, 6) is 0. The van der Waals surface area contributed by atoms with Crippen molar-refractivity contribution in [3.05, 3.63) is 60.3 Å². The third-order valence-electron chi connectivity index (χ3n) is 1.55. The van der Waals surface area contributed by atoms with Gasteiger partial charge in [-0.05, 0) is 31.9 Å². The van der Waals surface area contributed by atoms with Gasteiger partial charge in [0.15, 0.2) is 0 Å². The largest absolute Gasteiger partial charge is 0.0912 e. The first-order valence-corrected chi connectivity index (χ1v) is 5.53. The van der Waals surface area contributed by atoms with Crippen molar-refractivity contribution in [1.29, 1.82) is 0 Å². The lowest BCUT2D eigenvalue weighted by Crippen LogP contribution is -1.79. The van der Waals surface area contributed by atoms with Crippen LogP contribution in [0.5, 0.6) is 0 Å². The molecule has 0 fully saturated rings. The van der Waals surface area contributed by atoms with E-state index >= 15 is 0 Å². The first-order valence-electron chi connectivity index (χ1n) is 5.53. The van der Waals surface area contributed by atoms with Crippen molar-refractivity contribution in [2.75, 3.05) is 0 Å². The molecule has 0 rings (SSSR count). The smallest absolute Gasteiger partial charge is 0.0193 e. The predicted molar refractivity (Wildman–Crippen MR) is 73.0 cm³/mol. The zero-order valence-electron chi connectivity index (χ0n) is 10.7. The standard InChI is InChI=1S/C13H18.C2H6/c1-5-8-11-13(10-7-3)12(4)9-6-2;1-2/h5-11H,4H2,1-3H3;1-2H3/b8-5-,9-6-,10-7-,13-11-;. The van der Waals surface area contributed by atoms with E-state index in [0.29, 0.717) is 0 Å². The van der Waals surface area contributed by atoms with Crippen LogP contribution in [0.3, 0.4) is 0 Å². The lowest BCUT2D eigenvalue weighted by molar-refractivity contribution is 1.50. The molecule has 0 spiro atoms. The second-order valence-corrected chi connectivity index (χ2v) is 2.67. The van der Waals surface area contributed by atoms with Crippen LogP contribution in [0.2, 0.25) is 0 Å². The molecule has 15 heavy (non-hydrogen) atoms. The van der Waals surface area contributed by atoms with Crippen LogP contribution in [-0.4, -0.2) is 0 Å². The molecule has 0 unspecified atom stereocenters. The van der Waals surface area contributed by atoms with E-state index in [9.17, 15) is 0 Å². The SMILES string of the molecule is C=C(/C=C\C)C(/C=C\C)=C\C=C/C.CC. The van der Waals surface area contributed by atoms with Gasteiger partial charge in [-0.15, -0.1) is 0 Å². The summed E-state index contributed by atoms with van der Waals surface area (Å²) < 4.78 is 0. The van der Waals surface area contributed by atoms with Crippen LogP contribution >= 0.6 is 0 Å². The van der Waals surface area contributed by atoms with Gasteiger partial charge in [0, 0.05) is 0 Å². The molecule has 0 nitrogen and oxygen atoms in total. The summed E-state index contributed by atoms with van der Waals surface area (Å²) >= 11 is 0. The Morgan fingerprint density at radius 3 is 1.80 bits per heavy atom. The van der Waals surface area contributed by atoms with E-state index in [4.69, 9.17) is 0 Å². The first kappa shape index (κ1) is 16.1. The average molecular weight is 204 g/mol. The van der Waals surface area contributed by atoms with Crippen molar-refractivity contribution >= 4 is 0 Å². The number of hydrogen-bond acceptors (Lipinski definition) is 0.